The Labute approximate surface area is 78.7 Å². The Morgan fingerprint density at radius 3 is 2.85 bits per heavy atom. The molecule has 0 amide bonds. The van der Waals surface area contributed by atoms with Gasteiger partial charge in [-0.1, -0.05) is 18.2 Å². The second kappa shape index (κ2) is 3.48. The van der Waals surface area contributed by atoms with Gasteiger partial charge >= 0.3 is 0 Å². The summed E-state index contributed by atoms with van der Waals surface area (Å²) in [5, 5.41) is 0. The molecule has 0 bridgehead atoms. The van der Waals surface area contributed by atoms with E-state index in [9.17, 15) is 0 Å². The minimum Gasteiger partial charge on any atom is -0.300 e. The van der Waals surface area contributed by atoms with Crippen molar-refractivity contribution < 1.29 is 4.84 Å². The van der Waals surface area contributed by atoms with Crippen LogP contribution in [0.25, 0.3) is 0 Å². The molecule has 0 aliphatic heterocycles. The topological polar surface area (TPSA) is 35.2 Å². The van der Waals surface area contributed by atoms with Gasteiger partial charge in [0.2, 0.25) is 0 Å². The lowest BCUT2D eigenvalue weighted by Crippen LogP contribution is -2.01. The van der Waals surface area contributed by atoms with Crippen molar-refractivity contribution in [2.24, 2.45) is 5.90 Å². The molecule has 2 nitrogen and oxygen atoms in total. The average Bonchev–Trinajstić information content (AvgIpc) is 2.92. The smallest absolute Gasteiger partial charge is 0.0932 e. The van der Waals surface area contributed by atoms with Crippen molar-refractivity contribution in [1.82, 2.24) is 0 Å². The Kier molecular flexibility index (Phi) is 2.34. The van der Waals surface area contributed by atoms with Crippen LogP contribution in [0.5, 0.6) is 0 Å². The summed E-state index contributed by atoms with van der Waals surface area (Å²) in [6, 6.07) is 6.59. The lowest BCUT2D eigenvalue weighted by atomic mass is 10.0. The van der Waals surface area contributed by atoms with Crippen LogP contribution < -0.4 is 5.90 Å². The third-order valence-corrected chi connectivity index (χ3v) is 2.66. The molecule has 0 unspecified atom stereocenters. The van der Waals surface area contributed by atoms with Crippen LogP contribution in [0.1, 0.15) is 35.4 Å². The summed E-state index contributed by atoms with van der Waals surface area (Å²) in [4.78, 5) is 4.66. The first-order chi connectivity index (χ1) is 6.31. The van der Waals surface area contributed by atoms with Crippen molar-refractivity contribution in [3.8, 4) is 0 Å². The highest BCUT2D eigenvalue weighted by Gasteiger charge is 2.23. The molecule has 13 heavy (non-hydrogen) atoms. The molecular formula is C11H15NO. The summed E-state index contributed by atoms with van der Waals surface area (Å²) in [6.45, 7) is 2.61. The zero-order valence-corrected chi connectivity index (χ0v) is 7.92. The van der Waals surface area contributed by atoms with E-state index in [-0.39, 0.29) is 0 Å². The number of hydrogen-bond acceptors (Lipinski definition) is 2. The van der Waals surface area contributed by atoms with Crippen molar-refractivity contribution in [3.63, 3.8) is 0 Å². The van der Waals surface area contributed by atoms with Gasteiger partial charge in [0.1, 0.15) is 0 Å². The van der Waals surface area contributed by atoms with Crippen LogP contribution in [-0.2, 0) is 11.4 Å². The normalized spacial score (nSPS) is 16.2. The molecule has 2 rings (SSSR count). The van der Waals surface area contributed by atoms with Crippen LogP contribution >= 0.6 is 0 Å². The van der Waals surface area contributed by atoms with Crippen LogP contribution in [0.15, 0.2) is 18.2 Å². The minimum absolute atomic E-state index is 0.520. The van der Waals surface area contributed by atoms with E-state index in [1.54, 1.807) is 0 Å². The average molecular weight is 177 g/mol. The summed E-state index contributed by atoms with van der Waals surface area (Å²) in [6.07, 6.45) is 2.68. The predicted octanol–water partition coefficient (Wildman–Crippen LogP) is 2.26. The summed E-state index contributed by atoms with van der Waals surface area (Å²) in [5.41, 5.74) is 3.92. The Bertz CT molecular complexity index is 305. The molecule has 70 valence electrons. The molecule has 1 saturated carbocycles. The largest absolute Gasteiger partial charge is 0.300 e. The molecule has 1 fully saturated rings. The van der Waals surface area contributed by atoms with Crippen LogP contribution in [0, 0.1) is 6.92 Å². The number of benzene rings is 1. The Morgan fingerprint density at radius 1 is 1.46 bits per heavy atom. The molecule has 0 saturated heterocycles. The quantitative estimate of drug-likeness (QED) is 0.719. The molecule has 0 aromatic heterocycles. The maximum Gasteiger partial charge on any atom is 0.0932 e. The van der Waals surface area contributed by atoms with Crippen molar-refractivity contribution >= 4 is 0 Å². The fourth-order valence-electron chi connectivity index (χ4n) is 1.61. The van der Waals surface area contributed by atoms with E-state index in [4.69, 9.17) is 5.90 Å². The van der Waals surface area contributed by atoms with E-state index in [1.165, 1.54) is 29.5 Å². The fraction of sp³-hybridized carbons (Fsp3) is 0.455. The van der Waals surface area contributed by atoms with Crippen LogP contribution in [0.4, 0.5) is 0 Å². The molecular weight excluding hydrogens is 162 g/mol. The second-order valence-electron chi connectivity index (χ2n) is 3.77. The fourth-order valence-corrected chi connectivity index (χ4v) is 1.61. The van der Waals surface area contributed by atoms with Crippen molar-refractivity contribution in [3.05, 3.63) is 34.9 Å². The lowest BCUT2D eigenvalue weighted by molar-refractivity contribution is 0.123. The zero-order valence-electron chi connectivity index (χ0n) is 7.92. The second-order valence-corrected chi connectivity index (χ2v) is 3.77. The van der Waals surface area contributed by atoms with Gasteiger partial charge in [-0.3, -0.25) is 4.84 Å². The molecule has 1 aliphatic rings. The summed E-state index contributed by atoms with van der Waals surface area (Å²) in [5.74, 6) is 5.87. The number of rotatable bonds is 3. The predicted molar refractivity (Wildman–Crippen MR) is 52.1 cm³/mol. The monoisotopic (exact) mass is 177 g/mol. The van der Waals surface area contributed by atoms with Crippen LogP contribution in [0.2, 0.25) is 0 Å². The van der Waals surface area contributed by atoms with E-state index in [2.05, 4.69) is 30.0 Å². The third-order valence-electron chi connectivity index (χ3n) is 2.66. The summed E-state index contributed by atoms with van der Waals surface area (Å²) < 4.78 is 0. The van der Waals surface area contributed by atoms with Crippen molar-refractivity contribution in [2.45, 2.75) is 32.3 Å². The maximum absolute atomic E-state index is 5.07. The molecule has 1 aromatic rings. The van der Waals surface area contributed by atoms with Gasteiger partial charge in [0, 0.05) is 0 Å². The third kappa shape index (κ3) is 1.90. The van der Waals surface area contributed by atoms with Gasteiger partial charge in [0.15, 0.2) is 0 Å². The highest BCUT2D eigenvalue weighted by atomic mass is 16.6. The molecule has 0 radical (unpaired) electrons. The Hall–Kier alpha value is -0.860. The molecule has 1 aliphatic carbocycles. The van der Waals surface area contributed by atoms with Gasteiger partial charge in [-0.05, 0) is 42.4 Å². The van der Waals surface area contributed by atoms with Crippen molar-refractivity contribution in [1.29, 1.82) is 0 Å². The molecule has 2 N–H and O–H groups in total. The van der Waals surface area contributed by atoms with Gasteiger partial charge in [0.25, 0.3) is 0 Å². The molecule has 0 atom stereocenters. The minimum atomic E-state index is 0.520. The molecule has 0 spiro atoms. The zero-order chi connectivity index (χ0) is 9.26. The summed E-state index contributed by atoms with van der Waals surface area (Å²) in [7, 11) is 0. The van der Waals surface area contributed by atoms with Crippen molar-refractivity contribution in [2.75, 3.05) is 0 Å². The first-order valence-corrected chi connectivity index (χ1v) is 4.72. The molecule has 2 heteroatoms. The number of hydrogen-bond donors (Lipinski definition) is 1. The van der Waals surface area contributed by atoms with E-state index >= 15 is 0 Å². The molecule has 1 aromatic carbocycles. The summed E-state index contributed by atoms with van der Waals surface area (Å²) >= 11 is 0. The van der Waals surface area contributed by atoms with Gasteiger partial charge in [-0.25, -0.2) is 5.90 Å². The standard InChI is InChI=1S/C11H15NO/c1-8-2-3-10(9-4-5-9)6-11(8)7-13-12/h2-3,6,9H,4-5,7,12H2,1H3. The number of aryl methyl sites for hydroxylation is 1. The van der Waals surface area contributed by atoms with Gasteiger partial charge in [-0.15, -0.1) is 0 Å². The number of nitrogens with two attached hydrogens (primary N) is 1. The highest BCUT2D eigenvalue weighted by Crippen LogP contribution is 2.40. The lowest BCUT2D eigenvalue weighted by Gasteiger charge is -2.06. The first kappa shape index (κ1) is 8.73. The Balaban J connectivity index is 2.25. The van der Waals surface area contributed by atoms with Crippen LogP contribution in [0.3, 0.4) is 0 Å². The van der Waals surface area contributed by atoms with E-state index in [0.717, 1.165) is 5.92 Å². The van der Waals surface area contributed by atoms with E-state index < -0.39 is 0 Å². The van der Waals surface area contributed by atoms with E-state index in [0.29, 0.717) is 6.61 Å². The maximum atomic E-state index is 5.07. The Morgan fingerprint density at radius 2 is 2.23 bits per heavy atom. The SMILES string of the molecule is Cc1ccc(C2CC2)cc1CON. The molecule has 0 heterocycles. The highest BCUT2D eigenvalue weighted by molar-refractivity contribution is 5.34. The van der Waals surface area contributed by atoms with Gasteiger partial charge in [-0.2, -0.15) is 0 Å². The van der Waals surface area contributed by atoms with Gasteiger partial charge in [0.05, 0.1) is 6.61 Å². The van der Waals surface area contributed by atoms with Gasteiger partial charge < -0.3 is 0 Å². The van der Waals surface area contributed by atoms with Crippen LogP contribution in [-0.4, -0.2) is 0 Å². The van der Waals surface area contributed by atoms with E-state index in [1.807, 2.05) is 0 Å². The first-order valence-electron chi connectivity index (χ1n) is 4.72.